The summed E-state index contributed by atoms with van der Waals surface area (Å²) in [6.07, 6.45) is 4.11. The van der Waals surface area contributed by atoms with E-state index in [0.717, 1.165) is 38.9 Å². The zero-order chi connectivity index (χ0) is 17.5. The number of hydrogen-bond acceptors (Lipinski definition) is 5. The molecule has 5 heteroatoms. The predicted octanol–water partition coefficient (Wildman–Crippen LogP) is 4.43. The number of unbranched alkanes of at least 4 members (excludes halogenated alkanes) is 2. The molecule has 0 aliphatic carbocycles. The molecule has 0 heterocycles. The average molecular weight is 328 g/mol. The molecule has 0 bridgehead atoms. The van der Waals surface area contributed by atoms with Gasteiger partial charge in [0, 0.05) is 13.2 Å². The van der Waals surface area contributed by atoms with Gasteiger partial charge in [-0.1, -0.05) is 26.7 Å². The Morgan fingerprint density at radius 3 is 1.43 bits per heavy atom. The molecule has 134 valence electrons. The number of rotatable bonds is 10. The van der Waals surface area contributed by atoms with E-state index in [4.69, 9.17) is 24.4 Å². The summed E-state index contributed by atoms with van der Waals surface area (Å²) in [5.41, 5.74) is 0. The van der Waals surface area contributed by atoms with E-state index in [1.54, 1.807) is 0 Å². The Bertz CT molecular complexity index is 331. The fraction of sp³-hybridized carbons (Fsp3) is 0.667. The normalized spacial score (nSPS) is 13.0. The van der Waals surface area contributed by atoms with Crippen LogP contribution in [0.2, 0.25) is 0 Å². The van der Waals surface area contributed by atoms with Gasteiger partial charge in [-0.2, -0.15) is 0 Å². The molecular formula is C18H32O5. The second-order valence-corrected chi connectivity index (χ2v) is 5.24. The standard InChI is InChI=1S/C12H26O3.C6H6O2/c1-5-7-9-13-11(3)15-12(4)14-10-8-6-2;7-5-1-2-6(8)4-3-5/h11-12H,5-10H2,1-4H3;1-4,7-8H. The third-order valence-electron chi connectivity index (χ3n) is 2.93. The number of phenolic OH excluding ortho intramolecular Hbond substituents is 2. The molecule has 0 spiro atoms. The Labute approximate surface area is 140 Å². The number of aromatic hydroxyl groups is 2. The summed E-state index contributed by atoms with van der Waals surface area (Å²) in [6.45, 7) is 9.64. The topological polar surface area (TPSA) is 68.2 Å². The smallest absolute Gasteiger partial charge is 0.157 e. The van der Waals surface area contributed by atoms with Crippen molar-refractivity contribution >= 4 is 0 Å². The summed E-state index contributed by atoms with van der Waals surface area (Å²) in [5, 5.41) is 17.3. The molecule has 1 aromatic rings. The molecule has 2 unspecified atom stereocenters. The van der Waals surface area contributed by atoms with E-state index in [1.165, 1.54) is 24.3 Å². The predicted molar refractivity (Wildman–Crippen MR) is 91.5 cm³/mol. The Kier molecular flexibility index (Phi) is 13.5. The number of phenols is 2. The zero-order valence-corrected chi connectivity index (χ0v) is 14.8. The lowest BCUT2D eigenvalue weighted by atomic mass is 10.3. The highest BCUT2D eigenvalue weighted by atomic mass is 16.8. The van der Waals surface area contributed by atoms with Gasteiger partial charge >= 0.3 is 0 Å². The van der Waals surface area contributed by atoms with Crippen LogP contribution < -0.4 is 0 Å². The highest BCUT2D eigenvalue weighted by Gasteiger charge is 2.08. The van der Waals surface area contributed by atoms with Crippen LogP contribution in [0.1, 0.15) is 53.4 Å². The molecule has 2 atom stereocenters. The van der Waals surface area contributed by atoms with Gasteiger partial charge in [0.05, 0.1) is 0 Å². The summed E-state index contributed by atoms with van der Waals surface area (Å²) >= 11 is 0. The minimum atomic E-state index is -0.173. The van der Waals surface area contributed by atoms with Crippen molar-refractivity contribution in [2.45, 2.75) is 66.0 Å². The first-order valence-corrected chi connectivity index (χ1v) is 8.36. The Morgan fingerprint density at radius 1 is 0.783 bits per heavy atom. The largest absolute Gasteiger partial charge is 0.508 e. The first-order valence-electron chi connectivity index (χ1n) is 8.36. The maximum Gasteiger partial charge on any atom is 0.157 e. The van der Waals surface area contributed by atoms with Crippen LogP contribution in [0.15, 0.2) is 24.3 Å². The van der Waals surface area contributed by atoms with E-state index in [1.807, 2.05) is 13.8 Å². The molecule has 0 aliphatic rings. The third-order valence-corrected chi connectivity index (χ3v) is 2.93. The number of hydrogen-bond donors (Lipinski definition) is 2. The fourth-order valence-corrected chi connectivity index (χ4v) is 1.59. The van der Waals surface area contributed by atoms with E-state index >= 15 is 0 Å². The molecule has 0 aliphatic heterocycles. The van der Waals surface area contributed by atoms with Crippen LogP contribution >= 0.6 is 0 Å². The van der Waals surface area contributed by atoms with Crippen LogP contribution in [0.4, 0.5) is 0 Å². The summed E-state index contributed by atoms with van der Waals surface area (Å²) < 4.78 is 16.4. The SMILES string of the molecule is CCCCOC(C)OC(C)OCCCC.Oc1ccc(O)cc1. The lowest BCUT2D eigenvalue weighted by Gasteiger charge is -2.19. The molecule has 0 amide bonds. The van der Waals surface area contributed by atoms with Crippen molar-refractivity contribution in [3.05, 3.63) is 24.3 Å². The van der Waals surface area contributed by atoms with Crippen LogP contribution in [-0.4, -0.2) is 36.0 Å². The van der Waals surface area contributed by atoms with Crippen molar-refractivity contribution < 1.29 is 24.4 Å². The highest BCUT2D eigenvalue weighted by Crippen LogP contribution is 2.13. The van der Waals surface area contributed by atoms with Gasteiger partial charge in [-0.15, -0.1) is 0 Å². The van der Waals surface area contributed by atoms with Gasteiger partial charge in [0.1, 0.15) is 11.5 Å². The van der Waals surface area contributed by atoms with Gasteiger partial charge in [-0.25, -0.2) is 0 Å². The molecule has 0 radical (unpaired) electrons. The maximum atomic E-state index is 8.65. The molecule has 1 aromatic carbocycles. The molecule has 2 N–H and O–H groups in total. The minimum absolute atomic E-state index is 0.169. The zero-order valence-electron chi connectivity index (χ0n) is 14.8. The maximum absolute atomic E-state index is 8.65. The first-order chi connectivity index (χ1) is 11.0. The molecule has 23 heavy (non-hydrogen) atoms. The highest BCUT2D eigenvalue weighted by molar-refractivity contribution is 5.28. The van der Waals surface area contributed by atoms with Gasteiger partial charge in [0.15, 0.2) is 12.6 Å². The van der Waals surface area contributed by atoms with E-state index in [2.05, 4.69) is 13.8 Å². The fourth-order valence-electron chi connectivity index (χ4n) is 1.59. The minimum Gasteiger partial charge on any atom is -0.508 e. The number of benzene rings is 1. The van der Waals surface area contributed by atoms with E-state index in [-0.39, 0.29) is 24.1 Å². The van der Waals surface area contributed by atoms with Crippen LogP contribution in [0.3, 0.4) is 0 Å². The molecule has 0 fully saturated rings. The van der Waals surface area contributed by atoms with Crippen molar-refractivity contribution in [2.24, 2.45) is 0 Å². The third kappa shape index (κ3) is 14.0. The summed E-state index contributed by atoms with van der Waals surface area (Å²) in [7, 11) is 0. The van der Waals surface area contributed by atoms with Crippen LogP contribution in [0.5, 0.6) is 11.5 Å². The van der Waals surface area contributed by atoms with E-state index in [9.17, 15) is 0 Å². The van der Waals surface area contributed by atoms with Crippen molar-refractivity contribution in [3.63, 3.8) is 0 Å². The van der Waals surface area contributed by atoms with Crippen molar-refractivity contribution in [3.8, 4) is 11.5 Å². The second-order valence-electron chi connectivity index (χ2n) is 5.24. The van der Waals surface area contributed by atoms with Gasteiger partial charge in [-0.3, -0.25) is 0 Å². The number of ether oxygens (including phenoxy) is 3. The van der Waals surface area contributed by atoms with Crippen molar-refractivity contribution in [1.29, 1.82) is 0 Å². The van der Waals surface area contributed by atoms with Crippen LogP contribution in [0, 0.1) is 0 Å². The quantitative estimate of drug-likeness (QED) is 0.378. The monoisotopic (exact) mass is 328 g/mol. The lowest BCUT2D eigenvalue weighted by molar-refractivity contribution is -0.231. The van der Waals surface area contributed by atoms with Crippen molar-refractivity contribution in [2.75, 3.05) is 13.2 Å². The summed E-state index contributed by atoms with van der Waals surface area (Å²) in [6, 6.07) is 5.70. The molecule has 0 saturated carbocycles. The van der Waals surface area contributed by atoms with Crippen LogP contribution in [0.25, 0.3) is 0 Å². The van der Waals surface area contributed by atoms with E-state index in [0.29, 0.717) is 0 Å². The lowest BCUT2D eigenvalue weighted by Crippen LogP contribution is -2.23. The summed E-state index contributed by atoms with van der Waals surface area (Å²) in [5.74, 6) is 0.339. The van der Waals surface area contributed by atoms with Crippen LogP contribution in [-0.2, 0) is 14.2 Å². The summed E-state index contributed by atoms with van der Waals surface area (Å²) in [4.78, 5) is 0. The van der Waals surface area contributed by atoms with Gasteiger partial charge in [0.2, 0.25) is 0 Å². The van der Waals surface area contributed by atoms with Crippen molar-refractivity contribution in [1.82, 2.24) is 0 Å². The molecule has 1 rings (SSSR count). The molecule has 5 nitrogen and oxygen atoms in total. The Morgan fingerprint density at radius 2 is 1.13 bits per heavy atom. The van der Waals surface area contributed by atoms with E-state index < -0.39 is 0 Å². The van der Waals surface area contributed by atoms with Gasteiger partial charge in [-0.05, 0) is 51.0 Å². The Hall–Kier alpha value is -1.30. The molecule has 0 aromatic heterocycles. The average Bonchev–Trinajstić information content (AvgIpc) is 2.51. The Balaban J connectivity index is 0.000000502. The molecular weight excluding hydrogens is 296 g/mol. The van der Waals surface area contributed by atoms with Gasteiger partial charge in [0.25, 0.3) is 0 Å². The first kappa shape index (κ1) is 21.7. The second kappa shape index (κ2) is 14.3. The van der Waals surface area contributed by atoms with Gasteiger partial charge < -0.3 is 24.4 Å². The molecule has 0 saturated heterocycles.